The normalized spacial score (nSPS) is 10.9. The number of guanidine groups is 1. The van der Waals surface area contributed by atoms with E-state index in [-0.39, 0.29) is 29.5 Å². The van der Waals surface area contributed by atoms with Crippen molar-refractivity contribution in [1.82, 2.24) is 20.2 Å². The second kappa shape index (κ2) is 12.3. The van der Waals surface area contributed by atoms with E-state index < -0.39 is 0 Å². The summed E-state index contributed by atoms with van der Waals surface area (Å²) in [6, 6.07) is 17.1. The lowest BCUT2D eigenvalue weighted by Gasteiger charge is -2.12. The number of nitrogens with zero attached hydrogens (tertiary/aromatic N) is 3. The number of halogens is 2. The van der Waals surface area contributed by atoms with Gasteiger partial charge in [-0.15, -0.1) is 24.0 Å². The van der Waals surface area contributed by atoms with Crippen molar-refractivity contribution in [1.29, 1.82) is 0 Å². The van der Waals surface area contributed by atoms with Crippen molar-refractivity contribution in [2.45, 2.75) is 19.5 Å². The van der Waals surface area contributed by atoms with Gasteiger partial charge in [0.25, 0.3) is 5.56 Å². The summed E-state index contributed by atoms with van der Waals surface area (Å²) in [6.45, 7) is 1.97. The molecule has 0 aliphatic carbocycles. The smallest absolute Gasteiger partial charge is 0.250 e. The van der Waals surface area contributed by atoms with E-state index in [1.807, 2.05) is 24.3 Å². The molecule has 0 bridgehead atoms. The maximum Gasteiger partial charge on any atom is 0.250 e. The van der Waals surface area contributed by atoms with Gasteiger partial charge in [0.05, 0.1) is 6.54 Å². The van der Waals surface area contributed by atoms with Gasteiger partial charge >= 0.3 is 0 Å². The predicted octanol–water partition coefficient (Wildman–Crippen LogP) is 3.47. The highest BCUT2D eigenvalue weighted by Crippen LogP contribution is 2.06. The highest BCUT2D eigenvalue weighted by Gasteiger charge is 2.01. The fourth-order valence-corrected chi connectivity index (χ4v) is 2.95. The molecule has 2 aromatic heterocycles. The van der Waals surface area contributed by atoms with Crippen LogP contribution in [0.1, 0.15) is 16.7 Å². The molecule has 0 aliphatic heterocycles. The van der Waals surface area contributed by atoms with E-state index in [9.17, 15) is 4.79 Å². The van der Waals surface area contributed by atoms with Crippen molar-refractivity contribution in [3.63, 3.8) is 0 Å². The van der Waals surface area contributed by atoms with Gasteiger partial charge in [-0.1, -0.05) is 48.0 Å². The Balaban J connectivity index is 0.00000320. The third-order valence-electron chi connectivity index (χ3n) is 4.45. The minimum absolute atomic E-state index is 0. The van der Waals surface area contributed by atoms with Crippen LogP contribution in [0, 0.1) is 0 Å². The van der Waals surface area contributed by atoms with Crippen molar-refractivity contribution < 1.29 is 0 Å². The molecule has 3 rings (SSSR count). The number of rotatable bonds is 7. The standard InChI is InChI=1S/C22H24ClN5O.HI/c1-24-22(25-12-11-18-9-10-20(23)26-14-18)27-15-17-5-7-19(8-6-17)16-28-13-3-2-4-21(28)29;/h2-10,13-14H,11-12,15-16H2,1H3,(H2,24,25,27);1H. The van der Waals surface area contributed by atoms with Gasteiger partial charge in [-0.05, 0) is 35.2 Å². The summed E-state index contributed by atoms with van der Waals surface area (Å²) in [4.78, 5) is 20.2. The molecule has 0 radical (unpaired) electrons. The van der Waals surface area contributed by atoms with Crippen LogP contribution in [0.4, 0.5) is 0 Å². The van der Waals surface area contributed by atoms with Crippen LogP contribution in [0.2, 0.25) is 5.15 Å². The molecule has 2 N–H and O–H groups in total. The van der Waals surface area contributed by atoms with Crippen molar-refractivity contribution in [2.24, 2.45) is 4.99 Å². The predicted molar refractivity (Wildman–Crippen MR) is 133 cm³/mol. The minimum atomic E-state index is 0. The van der Waals surface area contributed by atoms with E-state index in [1.165, 1.54) is 0 Å². The number of hydrogen-bond acceptors (Lipinski definition) is 3. The molecule has 2 heterocycles. The Kier molecular flexibility index (Phi) is 9.82. The third-order valence-corrected chi connectivity index (χ3v) is 4.68. The number of aliphatic imine (C=N–C) groups is 1. The quantitative estimate of drug-likeness (QED) is 0.210. The summed E-state index contributed by atoms with van der Waals surface area (Å²) < 4.78 is 1.69. The summed E-state index contributed by atoms with van der Waals surface area (Å²) in [5.74, 6) is 0.742. The lowest BCUT2D eigenvalue weighted by molar-refractivity contribution is 0.757. The van der Waals surface area contributed by atoms with Crippen LogP contribution in [-0.2, 0) is 19.5 Å². The maximum atomic E-state index is 11.8. The first-order valence-electron chi connectivity index (χ1n) is 9.42. The highest BCUT2D eigenvalue weighted by molar-refractivity contribution is 14.0. The largest absolute Gasteiger partial charge is 0.356 e. The third kappa shape index (κ3) is 7.46. The molecule has 8 heteroatoms. The van der Waals surface area contributed by atoms with Crippen molar-refractivity contribution in [3.8, 4) is 0 Å². The molecule has 3 aromatic rings. The summed E-state index contributed by atoms with van der Waals surface area (Å²) in [5, 5.41) is 7.10. The Morgan fingerprint density at radius 3 is 2.43 bits per heavy atom. The van der Waals surface area contributed by atoms with Gasteiger partial charge in [-0.25, -0.2) is 4.98 Å². The van der Waals surface area contributed by atoms with Crippen LogP contribution in [0.3, 0.4) is 0 Å². The molecular weight excluding hydrogens is 513 g/mol. The van der Waals surface area contributed by atoms with E-state index in [4.69, 9.17) is 11.6 Å². The Bertz CT molecular complexity index is 1000. The lowest BCUT2D eigenvalue weighted by Crippen LogP contribution is -2.37. The van der Waals surface area contributed by atoms with E-state index >= 15 is 0 Å². The second-order valence-corrected chi connectivity index (χ2v) is 6.96. The first-order chi connectivity index (χ1) is 14.1. The monoisotopic (exact) mass is 537 g/mol. The molecule has 1 aromatic carbocycles. The van der Waals surface area contributed by atoms with Gasteiger partial charge in [0, 0.05) is 38.6 Å². The number of hydrogen-bond donors (Lipinski definition) is 2. The average molecular weight is 538 g/mol. The zero-order valence-corrected chi connectivity index (χ0v) is 19.8. The molecule has 6 nitrogen and oxygen atoms in total. The summed E-state index contributed by atoms with van der Waals surface area (Å²) in [5.41, 5.74) is 3.34. The van der Waals surface area contributed by atoms with Crippen molar-refractivity contribution in [2.75, 3.05) is 13.6 Å². The lowest BCUT2D eigenvalue weighted by atomic mass is 10.1. The minimum Gasteiger partial charge on any atom is -0.356 e. The van der Waals surface area contributed by atoms with Gasteiger partial charge in [-0.3, -0.25) is 9.79 Å². The van der Waals surface area contributed by atoms with E-state index in [1.54, 1.807) is 42.2 Å². The topological polar surface area (TPSA) is 71.3 Å². The fraction of sp³-hybridized carbons (Fsp3) is 0.227. The Morgan fingerprint density at radius 2 is 1.77 bits per heavy atom. The molecule has 0 unspecified atom stereocenters. The first kappa shape index (κ1) is 23.9. The second-order valence-electron chi connectivity index (χ2n) is 6.57. The number of nitrogens with one attached hydrogen (secondary N) is 2. The van der Waals surface area contributed by atoms with Gasteiger partial charge in [-0.2, -0.15) is 0 Å². The van der Waals surface area contributed by atoms with Gasteiger partial charge in [0.2, 0.25) is 0 Å². The van der Waals surface area contributed by atoms with E-state index in [0.29, 0.717) is 18.2 Å². The molecule has 0 aliphatic rings. The van der Waals surface area contributed by atoms with Crippen LogP contribution >= 0.6 is 35.6 Å². The van der Waals surface area contributed by atoms with E-state index in [0.717, 1.165) is 35.6 Å². The van der Waals surface area contributed by atoms with Crippen molar-refractivity contribution in [3.05, 3.63) is 99.2 Å². The van der Waals surface area contributed by atoms with Gasteiger partial charge in [0.1, 0.15) is 5.15 Å². The summed E-state index contributed by atoms with van der Waals surface area (Å²) in [6.07, 6.45) is 4.41. The van der Waals surface area contributed by atoms with Crippen LogP contribution in [0.25, 0.3) is 0 Å². The molecular formula is C22H25ClIN5O. The van der Waals surface area contributed by atoms with Crippen molar-refractivity contribution >= 4 is 41.5 Å². The zero-order valence-electron chi connectivity index (χ0n) is 16.7. The Morgan fingerprint density at radius 1 is 1.03 bits per heavy atom. The molecule has 30 heavy (non-hydrogen) atoms. The number of aromatic nitrogens is 2. The average Bonchev–Trinajstić information content (AvgIpc) is 2.74. The zero-order chi connectivity index (χ0) is 20.5. The first-order valence-corrected chi connectivity index (χ1v) is 9.80. The van der Waals surface area contributed by atoms with Crippen LogP contribution < -0.4 is 16.2 Å². The maximum absolute atomic E-state index is 11.8. The van der Waals surface area contributed by atoms with Crippen LogP contribution in [-0.4, -0.2) is 29.1 Å². The number of pyridine rings is 2. The molecule has 0 saturated carbocycles. The van der Waals surface area contributed by atoms with E-state index in [2.05, 4.69) is 32.7 Å². The Labute approximate surface area is 198 Å². The molecule has 0 fully saturated rings. The number of benzene rings is 1. The SMILES string of the molecule is CN=C(NCCc1ccc(Cl)nc1)NCc1ccc(Cn2ccccc2=O)cc1.I. The van der Waals surface area contributed by atoms with Crippen LogP contribution in [0.15, 0.2) is 76.8 Å². The van der Waals surface area contributed by atoms with Crippen LogP contribution in [0.5, 0.6) is 0 Å². The Hall–Kier alpha value is -2.39. The summed E-state index contributed by atoms with van der Waals surface area (Å²) in [7, 11) is 1.75. The molecule has 0 amide bonds. The molecule has 0 saturated heterocycles. The van der Waals surface area contributed by atoms with Gasteiger partial charge < -0.3 is 15.2 Å². The van der Waals surface area contributed by atoms with Gasteiger partial charge in [0.15, 0.2) is 5.96 Å². The highest BCUT2D eigenvalue weighted by atomic mass is 127. The molecule has 0 atom stereocenters. The fourth-order valence-electron chi connectivity index (χ4n) is 2.84. The summed E-state index contributed by atoms with van der Waals surface area (Å²) >= 11 is 5.80. The molecule has 0 spiro atoms. The molecule has 158 valence electrons.